The lowest BCUT2D eigenvalue weighted by Gasteiger charge is -2.08. The van der Waals surface area contributed by atoms with Crippen molar-refractivity contribution in [1.29, 1.82) is 0 Å². The van der Waals surface area contributed by atoms with E-state index in [4.69, 9.17) is 13.8 Å². The predicted octanol–water partition coefficient (Wildman–Crippen LogP) is 4.57. The van der Waals surface area contributed by atoms with Gasteiger partial charge >= 0.3 is 16.1 Å². The van der Waals surface area contributed by atoms with Gasteiger partial charge in [0, 0.05) is 11.1 Å². The van der Waals surface area contributed by atoms with Crippen molar-refractivity contribution >= 4 is 21.8 Å². The molecule has 4 rings (SSSR count). The van der Waals surface area contributed by atoms with Gasteiger partial charge in [-0.15, -0.1) is 0 Å². The smallest absolute Gasteiger partial charge is 0.358 e. The van der Waals surface area contributed by atoms with Crippen molar-refractivity contribution in [3.63, 3.8) is 0 Å². The minimum absolute atomic E-state index is 0.0338. The van der Waals surface area contributed by atoms with Gasteiger partial charge < -0.3 is 9.47 Å². The van der Waals surface area contributed by atoms with Crippen molar-refractivity contribution in [3.05, 3.63) is 102 Å². The lowest BCUT2D eigenvalue weighted by Crippen LogP contribution is -2.12. The summed E-state index contributed by atoms with van der Waals surface area (Å²) in [6.07, 6.45) is 0. The van der Waals surface area contributed by atoms with E-state index in [0.29, 0.717) is 12.3 Å². The van der Waals surface area contributed by atoms with Crippen molar-refractivity contribution in [3.8, 4) is 11.1 Å². The van der Waals surface area contributed by atoms with Crippen LogP contribution in [0.25, 0.3) is 11.1 Å². The second kappa shape index (κ2) is 10.0. The van der Waals surface area contributed by atoms with Crippen LogP contribution >= 0.6 is 0 Å². The highest BCUT2D eigenvalue weighted by Gasteiger charge is 2.26. The first kappa shape index (κ1) is 23.4. The fourth-order valence-electron chi connectivity index (χ4n) is 3.52. The average molecular weight is 478 g/mol. The Kier molecular flexibility index (Phi) is 6.90. The normalized spacial score (nSPS) is 12.0. The molecule has 0 bridgehead atoms. The minimum atomic E-state index is -4.28. The molecule has 3 aromatic carbocycles. The third kappa shape index (κ3) is 5.08. The summed E-state index contributed by atoms with van der Waals surface area (Å²) in [5.74, 6) is -0.666. The molecule has 1 aliphatic carbocycles. The molecular weight excluding hydrogens is 454 g/mol. The van der Waals surface area contributed by atoms with Crippen molar-refractivity contribution < 1.29 is 27.0 Å². The second-order valence-electron chi connectivity index (χ2n) is 7.73. The molecule has 7 nitrogen and oxygen atoms in total. The molecule has 0 saturated carbocycles. The Bertz CT molecular complexity index is 1330. The molecule has 1 aliphatic rings. The molecule has 0 heterocycles. The van der Waals surface area contributed by atoms with Crippen molar-refractivity contribution in [2.75, 3.05) is 19.8 Å². The van der Waals surface area contributed by atoms with E-state index in [1.165, 1.54) is 24.3 Å². The van der Waals surface area contributed by atoms with Crippen LogP contribution in [0, 0.1) is 0 Å². The number of hydrogen-bond acceptors (Lipinski definition) is 7. The summed E-state index contributed by atoms with van der Waals surface area (Å²) in [4.78, 5) is 12.1. The summed E-state index contributed by atoms with van der Waals surface area (Å²) < 4.78 is 41.2. The Labute approximate surface area is 198 Å². The third-order valence-corrected chi connectivity index (χ3v) is 6.15. The molecular formula is C26H23NO6S. The van der Waals surface area contributed by atoms with Crippen LogP contribution < -0.4 is 0 Å². The number of hydrogen-bond donors (Lipinski definition) is 0. The third-order valence-electron chi connectivity index (χ3n) is 5.05. The zero-order chi connectivity index (χ0) is 24.1. The topological polar surface area (TPSA) is 91.3 Å². The zero-order valence-electron chi connectivity index (χ0n) is 18.6. The molecule has 0 saturated heterocycles. The maximum absolute atomic E-state index is 12.8. The van der Waals surface area contributed by atoms with Crippen LogP contribution in [-0.2, 0) is 23.9 Å². The maximum atomic E-state index is 12.8. The van der Waals surface area contributed by atoms with E-state index in [1.807, 2.05) is 55.5 Å². The summed E-state index contributed by atoms with van der Waals surface area (Å²) in [5.41, 5.74) is 4.84. The Morgan fingerprint density at radius 3 is 2.12 bits per heavy atom. The Morgan fingerprint density at radius 1 is 0.882 bits per heavy atom. The number of fused-ring (bicyclic) bond motifs is 3. The first-order chi connectivity index (χ1) is 16.4. The largest absolute Gasteiger partial charge is 0.460 e. The van der Waals surface area contributed by atoms with E-state index in [-0.39, 0.29) is 23.7 Å². The highest BCUT2D eigenvalue weighted by molar-refractivity contribution is 7.86. The molecule has 174 valence electrons. The molecule has 0 atom stereocenters. The van der Waals surface area contributed by atoms with E-state index in [1.54, 1.807) is 0 Å². The quantitative estimate of drug-likeness (QED) is 0.152. The molecule has 0 amide bonds. The Balaban J connectivity index is 1.50. The fourth-order valence-corrected chi connectivity index (χ4v) is 4.30. The van der Waals surface area contributed by atoms with Crippen LogP contribution in [0.5, 0.6) is 0 Å². The molecule has 0 aliphatic heterocycles. The van der Waals surface area contributed by atoms with Crippen molar-refractivity contribution in [2.45, 2.75) is 11.8 Å². The minimum Gasteiger partial charge on any atom is -0.460 e. The van der Waals surface area contributed by atoms with Crippen LogP contribution in [0.4, 0.5) is 0 Å². The van der Waals surface area contributed by atoms with E-state index < -0.39 is 16.1 Å². The maximum Gasteiger partial charge on any atom is 0.358 e. The molecule has 0 fully saturated rings. The number of carbonyl (C=O) groups is 1. The molecule has 3 aromatic rings. The highest BCUT2D eigenvalue weighted by atomic mass is 32.2. The molecule has 0 aromatic heterocycles. The Hall–Kier alpha value is -3.75. The lowest BCUT2D eigenvalue weighted by atomic mass is 10.1. The number of rotatable bonds is 9. The van der Waals surface area contributed by atoms with Crippen LogP contribution in [-0.4, -0.2) is 39.9 Å². The number of esters is 1. The van der Waals surface area contributed by atoms with E-state index in [9.17, 15) is 13.2 Å². The molecule has 34 heavy (non-hydrogen) atoms. The van der Waals surface area contributed by atoms with E-state index in [2.05, 4.69) is 11.7 Å². The van der Waals surface area contributed by atoms with Gasteiger partial charge in [-0.3, -0.25) is 4.28 Å². The predicted molar refractivity (Wildman–Crippen MR) is 128 cm³/mol. The zero-order valence-corrected chi connectivity index (χ0v) is 19.4. The van der Waals surface area contributed by atoms with Gasteiger partial charge in [-0.1, -0.05) is 71.9 Å². The van der Waals surface area contributed by atoms with Gasteiger partial charge in [0.2, 0.25) is 0 Å². The van der Waals surface area contributed by atoms with Gasteiger partial charge in [0.1, 0.15) is 17.2 Å². The number of benzene rings is 3. The average Bonchev–Trinajstić information content (AvgIpc) is 3.16. The van der Waals surface area contributed by atoms with Crippen LogP contribution in [0.3, 0.4) is 0 Å². The summed E-state index contributed by atoms with van der Waals surface area (Å²) in [6, 6.07) is 20.6. The van der Waals surface area contributed by atoms with Crippen LogP contribution in [0.1, 0.15) is 28.4 Å². The first-order valence-corrected chi connectivity index (χ1v) is 12.0. The summed E-state index contributed by atoms with van der Waals surface area (Å²) in [6.45, 7) is 6.17. The van der Waals surface area contributed by atoms with Crippen molar-refractivity contribution in [1.82, 2.24) is 0 Å². The molecule has 0 radical (unpaired) electrons. The molecule has 8 heteroatoms. The SMILES string of the molecule is C=C(C)COCCOC(=O)c1cccc(S(=O)(=O)ON=C2c3ccccc3-c3ccccc32)c1. The molecule has 0 unspecified atom stereocenters. The van der Waals surface area contributed by atoms with Gasteiger partial charge in [0.05, 0.1) is 18.8 Å². The van der Waals surface area contributed by atoms with Crippen LogP contribution in [0.15, 0.2) is 95.0 Å². The number of nitrogens with zero attached hydrogens (tertiary/aromatic N) is 1. The Morgan fingerprint density at radius 2 is 1.50 bits per heavy atom. The van der Waals surface area contributed by atoms with Gasteiger partial charge in [-0.2, -0.15) is 8.42 Å². The number of ether oxygens (including phenoxy) is 2. The summed E-state index contributed by atoms with van der Waals surface area (Å²) >= 11 is 0. The van der Waals surface area contributed by atoms with Gasteiger partial charge in [-0.05, 0) is 36.2 Å². The second-order valence-corrected chi connectivity index (χ2v) is 9.26. The fraction of sp³-hybridized carbons (Fsp3) is 0.154. The highest BCUT2D eigenvalue weighted by Crippen LogP contribution is 2.36. The molecule has 0 spiro atoms. The van der Waals surface area contributed by atoms with Crippen LogP contribution in [0.2, 0.25) is 0 Å². The van der Waals surface area contributed by atoms with Gasteiger partial charge in [0.15, 0.2) is 0 Å². The van der Waals surface area contributed by atoms with E-state index >= 15 is 0 Å². The molecule has 0 N–H and O–H groups in total. The first-order valence-electron chi connectivity index (χ1n) is 10.6. The van der Waals surface area contributed by atoms with E-state index in [0.717, 1.165) is 27.8 Å². The summed E-state index contributed by atoms with van der Waals surface area (Å²) in [7, 11) is -4.28. The van der Waals surface area contributed by atoms with Gasteiger partial charge in [-0.25, -0.2) is 4.79 Å². The standard InChI is InChI=1S/C26H23NO6S/c1-18(2)17-31-14-15-32-26(28)19-8-7-9-20(16-19)34(29,30)33-27-25-23-12-5-3-10-21(23)22-11-4-6-13-24(22)25/h3-13,16H,1,14-15,17H2,2H3. The van der Waals surface area contributed by atoms with Gasteiger partial charge in [0.25, 0.3) is 0 Å². The van der Waals surface area contributed by atoms with Crippen molar-refractivity contribution in [2.24, 2.45) is 5.16 Å². The monoisotopic (exact) mass is 477 g/mol. The lowest BCUT2D eigenvalue weighted by molar-refractivity contribution is 0.0347. The number of oxime groups is 1. The number of carbonyl (C=O) groups excluding carboxylic acids is 1. The summed E-state index contributed by atoms with van der Waals surface area (Å²) in [5, 5.41) is 4.00.